The smallest absolute Gasteiger partial charge is 0.329 e. The van der Waals surface area contributed by atoms with Crippen molar-refractivity contribution < 1.29 is 38.0 Å². The number of hydrogen-bond donors (Lipinski definition) is 2. The van der Waals surface area contributed by atoms with Crippen molar-refractivity contribution in [2.24, 2.45) is 0 Å². The minimum atomic E-state index is -3.41. The third-order valence-electron chi connectivity index (χ3n) is 9.18. The van der Waals surface area contributed by atoms with Crippen molar-refractivity contribution in [2.75, 3.05) is 0 Å². The summed E-state index contributed by atoms with van der Waals surface area (Å²) in [6.07, 6.45) is 0. The van der Waals surface area contributed by atoms with Crippen molar-refractivity contribution in [1.29, 1.82) is 0 Å². The third-order valence-corrected chi connectivity index (χ3v) is 9.63. The Morgan fingerprint density at radius 2 is 0.732 bits per heavy atom. The van der Waals surface area contributed by atoms with E-state index in [0.29, 0.717) is 39.2 Å². The van der Waals surface area contributed by atoms with Gasteiger partial charge in [-0.25, -0.2) is 19.9 Å². The quantitative estimate of drug-likeness (QED) is 0.0586. The van der Waals surface area contributed by atoms with E-state index in [0.717, 1.165) is 49.4 Å². The molecular weight excluding hydrogens is 750 g/mol. The topological polar surface area (TPSA) is 163 Å². The molecule has 0 aliphatic carbocycles. The molecule has 4 aromatic heterocycles. The van der Waals surface area contributed by atoms with E-state index in [1.807, 2.05) is 109 Å². The summed E-state index contributed by atoms with van der Waals surface area (Å²) in [6, 6.07) is 45.7. The fraction of sp³-hybridized carbons (Fsp3) is 0. The molecule has 0 fully saturated rings. The number of fused-ring (bicyclic) bond motifs is 6. The lowest BCUT2D eigenvalue weighted by Gasteiger charge is -2.12. The van der Waals surface area contributed by atoms with E-state index in [1.165, 1.54) is 0 Å². The lowest BCUT2D eigenvalue weighted by atomic mass is 10.0. The monoisotopic (exact) mass is 778 g/mol. The molecule has 274 valence electrons. The lowest BCUT2D eigenvalue weighted by molar-refractivity contribution is -0.101. The molecule has 0 amide bonds. The molecule has 0 spiro atoms. The van der Waals surface area contributed by atoms with Gasteiger partial charge in [-0.05, 0) is 66.7 Å². The van der Waals surface area contributed by atoms with Crippen LogP contribution in [0.2, 0.25) is 0 Å². The average Bonchev–Trinajstić information content (AvgIpc) is 3.24. The maximum Gasteiger partial charge on any atom is 0.355 e. The first-order valence-electron chi connectivity index (χ1n) is 17.2. The molecule has 0 aliphatic heterocycles. The average molecular weight is 779 g/mol. The predicted octanol–water partition coefficient (Wildman–Crippen LogP) is 9.93. The molecule has 14 heteroatoms. The van der Waals surface area contributed by atoms with E-state index < -0.39 is 16.5 Å². The first kappa shape index (κ1) is 35.3. The molecule has 4 heterocycles. The van der Waals surface area contributed by atoms with Gasteiger partial charge < -0.3 is 19.6 Å². The summed E-state index contributed by atoms with van der Waals surface area (Å²) in [5, 5.41) is 3.61. The van der Waals surface area contributed by atoms with Crippen LogP contribution >= 0.6 is 16.5 Å². The lowest BCUT2D eigenvalue weighted by Crippen LogP contribution is -1.95. The Kier molecular flexibility index (Phi) is 9.50. The van der Waals surface area contributed by atoms with Gasteiger partial charge in [0.1, 0.15) is 0 Å². The van der Waals surface area contributed by atoms with Crippen LogP contribution in [-0.4, -0.2) is 29.7 Å². The van der Waals surface area contributed by atoms with Crippen molar-refractivity contribution in [3.8, 4) is 56.5 Å². The summed E-state index contributed by atoms with van der Waals surface area (Å²) < 4.78 is 31.5. The minimum absolute atomic E-state index is 0.179. The zero-order chi connectivity index (χ0) is 38.2. The van der Waals surface area contributed by atoms with Gasteiger partial charge in [0, 0.05) is 43.8 Å². The van der Waals surface area contributed by atoms with Crippen molar-refractivity contribution >= 4 is 60.1 Å². The Hall–Kier alpha value is -6.36. The molecule has 0 bridgehead atoms. The Bertz CT molecular complexity index is 3010. The molecule has 0 radical (unpaired) electrons. The first-order chi connectivity index (χ1) is 27.3. The highest BCUT2D eigenvalue weighted by molar-refractivity contribution is 7.32. The summed E-state index contributed by atoms with van der Waals surface area (Å²) in [5.74, 6) is 0.445. The Labute approximate surface area is 319 Å². The van der Waals surface area contributed by atoms with Crippen LogP contribution in [0, 0.1) is 0 Å². The van der Waals surface area contributed by atoms with E-state index in [-0.39, 0.29) is 11.5 Å². The summed E-state index contributed by atoms with van der Waals surface area (Å²) >= 11 is 0. The number of pyridine rings is 4. The van der Waals surface area contributed by atoms with Gasteiger partial charge in [-0.15, -0.1) is 9.35 Å². The highest BCUT2D eigenvalue weighted by atomic mass is 31.1. The predicted molar refractivity (Wildman–Crippen MR) is 215 cm³/mol. The number of benzene rings is 5. The van der Waals surface area contributed by atoms with Crippen LogP contribution < -0.4 is 9.78 Å². The second-order valence-corrected chi connectivity index (χ2v) is 14.1. The van der Waals surface area contributed by atoms with Gasteiger partial charge >= 0.3 is 16.5 Å². The molecule has 2 atom stereocenters. The highest BCUT2D eigenvalue weighted by Crippen LogP contribution is 2.36. The molecule has 5 aromatic carbocycles. The number of hydrogen-bond acceptors (Lipinski definition) is 10. The van der Waals surface area contributed by atoms with Gasteiger partial charge in [-0.2, -0.15) is 0 Å². The minimum Gasteiger partial charge on any atom is -0.329 e. The number of rotatable bonds is 10. The first-order valence-corrected chi connectivity index (χ1v) is 19.7. The van der Waals surface area contributed by atoms with Crippen LogP contribution in [0.1, 0.15) is 0 Å². The molecule has 0 saturated heterocycles. The molecule has 0 saturated carbocycles. The molecule has 2 N–H and O–H groups in total. The summed E-state index contributed by atoms with van der Waals surface area (Å²) in [6.45, 7) is 0. The third kappa shape index (κ3) is 7.24. The maximum atomic E-state index is 11.5. The van der Waals surface area contributed by atoms with E-state index in [4.69, 9.17) is 39.3 Å². The Balaban J connectivity index is 1.14. The molecule has 9 aromatic rings. The standard InChI is InChI=1S/C42H28N4O8P2/c47-55(48)53-51-33-16-10-26(11-17-33)36-19-13-28-7-9-30-15-21-38(46-42(30)40(28)44-36)32-22-31(23-34(24-32)52-54-56(49)50)37-20-14-29-8-6-27-12-18-35(25-4-2-1-3-5-25)43-39(27)41(29)45-37/h1-24,55-56H,(H,47,48)(H,49,50). The second-order valence-electron chi connectivity index (χ2n) is 12.7. The number of aromatic nitrogens is 4. The molecule has 2 unspecified atom stereocenters. The summed E-state index contributed by atoms with van der Waals surface area (Å²) in [5.41, 5.74) is 8.59. The van der Waals surface area contributed by atoms with Crippen LogP contribution in [-0.2, 0) is 18.5 Å². The SMILES string of the molecule is O=[PH](O)OOc1ccc(-c2ccc3ccc4ccc(-c5cc(OO[PH](=O)O)cc(-c6ccc7ccc8ccc(-c9ccccc9)nc8c7n6)c5)nc4c3n2)cc1. The highest BCUT2D eigenvalue weighted by Gasteiger charge is 2.15. The fourth-order valence-electron chi connectivity index (χ4n) is 6.58. The molecular formula is C42H28N4O8P2. The van der Waals surface area contributed by atoms with E-state index in [2.05, 4.69) is 4.67 Å². The van der Waals surface area contributed by atoms with Crippen molar-refractivity contribution in [1.82, 2.24) is 19.9 Å². The van der Waals surface area contributed by atoms with Crippen LogP contribution in [0.4, 0.5) is 0 Å². The van der Waals surface area contributed by atoms with Gasteiger partial charge in [-0.1, -0.05) is 78.9 Å². The van der Waals surface area contributed by atoms with Crippen LogP contribution in [0.5, 0.6) is 11.5 Å². The van der Waals surface area contributed by atoms with Crippen LogP contribution in [0.3, 0.4) is 0 Å². The maximum absolute atomic E-state index is 11.5. The fourth-order valence-corrected chi connectivity index (χ4v) is 6.91. The van der Waals surface area contributed by atoms with Gasteiger partial charge in [0.2, 0.25) is 0 Å². The zero-order valence-electron chi connectivity index (χ0n) is 29.0. The van der Waals surface area contributed by atoms with Crippen LogP contribution in [0.25, 0.3) is 88.6 Å². The van der Waals surface area contributed by atoms with Gasteiger partial charge in [0.05, 0.1) is 44.8 Å². The summed E-state index contributed by atoms with van der Waals surface area (Å²) in [7, 11) is -6.65. The largest absolute Gasteiger partial charge is 0.355 e. The van der Waals surface area contributed by atoms with Gasteiger partial charge in [0.15, 0.2) is 11.5 Å². The zero-order valence-corrected chi connectivity index (χ0v) is 31.0. The van der Waals surface area contributed by atoms with Gasteiger partial charge in [0.25, 0.3) is 0 Å². The second kappa shape index (κ2) is 15.1. The van der Waals surface area contributed by atoms with Crippen molar-refractivity contribution in [3.63, 3.8) is 0 Å². The van der Waals surface area contributed by atoms with E-state index in [1.54, 1.807) is 36.4 Å². The van der Waals surface area contributed by atoms with E-state index in [9.17, 15) is 14.0 Å². The molecule has 12 nitrogen and oxygen atoms in total. The molecule has 0 aliphatic rings. The van der Waals surface area contributed by atoms with Crippen LogP contribution in [0.15, 0.2) is 146 Å². The Morgan fingerprint density at radius 3 is 1.14 bits per heavy atom. The van der Waals surface area contributed by atoms with E-state index >= 15 is 0 Å². The van der Waals surface area contributed by atoms with Crippen molar-refractivity contribution in [3.05, 3.63) is 146 Å². The summed E-state index contributed by atoms with van der Waals surface area (Å²) in [4.78, 5) is 48.7. The molecule has 56 heavy (non-hydrogen) atoms. The normalized spacial score (nSPS) is 12.6. The van der Waals surface area contributed by atoms with Gasteiger partial charge in [-0.3, -0.25) is 9.13 Å². The molecule has 9 rings (SSSR count). The Morgan fingerprint density at radius 1 is 0.375 bits per heavy atom. The number of nitrogens with zero attached hydrogens (tertiary/aromatic N) is 4. The van der Waals surface area contributed by atoms with Crippen molar-refractivity contribution in [2.45, 2.75) is 0 Å².